The minimum absolute atomic E-state index is 0.184. The summed E-state index contributed by atoms with van der Waals surface area (Å²) in [6, 6.07) is 17.2. The van der Waals surface area contributed by atoms with Gasteiger partial charge in [-0.05, 0) is 42.5 Å². The van der Waals surface area contributed by atoms with E-state index in [4.69, 9.17) is 9.15 Å². The molecule has 1 aliphatic heterocycles. The highest BCUT2D eigenvalue weighted by molar-refractivity contribution is 6.35. The van der Waals surface area contributed by atoms with Gasteiger partial charge in [0.25, 0.3) is 0 Å². The van der Waals surface area contributed by atoms with Gasteiger partial charge in [0.1, 0.15) is 17.3 Å². The van der Waals surface area contributed by atoms with Crippen LogP contribution in [-0.2, 0) is 16.1 Å². The molecule has 35 heavy (non-hydrogen) atoms. The largest absolute Gasteiger partial charge is 0.496 e. The van der Waals surface area contributed by atoms with Crippen LogP contribution in [0.1, 0.15) is 17.4 Å². The fourth-order valence-electron chi connectivity index (χ4n) is 4.21. The van der Waals surface area contributed by atoms with Crippen LogP contribution in [0.3, 0.4) is 0 Å². The first kappa shape index (κ1) is 24.3. The Morgan fingerprint density at radius 1 is 0.971 bits per heavy atom. The summed E-state index contributed by atoms with van der Waals surface area (Å²) < 4.78 is 24.2. The van der Waals surface area contributed by atoms with Crippen LogP contribution < -0.4 is 20.3 Å². The third-order valence-corrected chi connectivity index (χ3v) is 6.11. The summed E-state index contributed by atoms with van der Waals surface area (Å²) in [5.74, 6) is -0.314. The highest BCUT2D eigenvalue weighted by Crippen LogP contribution is 2.24. The van der Waals surface area contributed by atoms with Crippen LogP contribution in [0, 0.1) is 5.82 Å². The standard InChI is InChI=1S/C26H29FN4O4/c1-34-23-6-3-2-5-19(23)17-28-25(32)26(33)29-18-22(24-7-4-16-35-24)31-14-12-30(13-15-31)21-10-8-20(27)9-11-21/h2-11,16,22H,12-15,17-18H2,1H3,(H,28,32)(H,29,33)/t22-/m0/s1. The van der Waals surface area contributed by atoms with Crippen molar-refractivity contribution in [1.29, 1.82) is 0 Å². The van der Waals surface area contributed by atoms with E-state index >= 15 is 0 Å². The summed E-state index contributed by atoms with van der Waals surface area (Å²) in [4.78, 5) is 29.3. The number of piperazine rings is 1. The fraction of sp³-hybridized carbons (Fsp3) is 0.308. The van der Waals surface area contributed by atoms with Crippen molar-refractivity contribution in [2.24, 2.45) is 0 Å². The number of hydrogen-bond donors (Lipinski definition) is 2. The molecule has 1 fully saturated rings. The molecular weight excluding hydrogens is 451 g/mol. The van der Waals surface area contributed by atoms with Gasteiger partial charge in [0.05, 0.1) is 19.4 Å². The summed E-state index contributed by atoms with van der Waals surface area (Å²) >= 11 is 0. The normalized spacial score (nSPS) is 14.9. The molecule has 0 saturated carbocycles. The number of ether oxygens (including phenoxy) is 1. The molecule has 2 N–H and O–H groups in total. The third-order valence-electron chi connectivity index (χ3n) is 6.11. The lowest BCUT2D eigenvalue weighted by Crippen LogP contribution is -2.50. The maximum absolute atomic E-state index is 13.2. The molecule has 1 atom stereocenters. The van der Waals surface area contributed by atoms with Gasteiger partial charge in [-0.1, -0.05) is 18.2 Å². The number of anilines is 1. The molecule has 2 aromatic carbocycles. The number of carbonyl (C=O) groups is 2. The molecule has 1 aliphatic rings. The molecule has 3 aromatic rings. The molecule has 0 bridgehead atoms. The van der Waals surface area contributed by atoms with Gasteiger partial charge in [-0.25, -0.2) is 4.39 Å². The highest BCUT2D eigenvalue weighted by Gasteiger charge is 2.28. The predicted octanol–water partition coefficient (Wildman–Crippen LogP) is 2.72. The second-order valence-corrected chi connectivity index (χ2v) is 8.24. The summed E-state index contributed by atoms with van der Waals surface area (Å²) in [5.41, 5.74) is 1.75. The predicted molar refractivity (Wildman–Crippen MR) is 129 cm³/mol. The minimum Gasteiger partial charge on any atom is -0.496 e. The Balaban J connectivity index is 1.32. The van der Waals surface area contributed by atoms with E-state index in [2.05, 4.69) is 20.4 Å². The number of benzene rings is 2. The molecule has 0 unspecified atom stereocenters. The number of hydrogen-bond acceptors (Lipinski definition) is 6. The lowest BCUT2D eigenvalue weighted by atomic mass is 10.1. The lowest BCUT2D eigenvalue weighted by Gasteiger charge is -2.39. The van der Waals surface area contributed by atoms with Crippen LogP contribution in [0.25, 0.3) is 0 Å². The zero-order chi connectivity index (χ0) is 24.6. The van der Waals surface area contributed by atoms with E-state index in [0.29, 0.717) is 5.75 Å². The van der Waals surface area contributed by atoms with Crippen molar-refractivity contribution in [3.05, 3.63) is 84.1 Å². The first-order chi connectivity index (χ1) is 17.0. The molecule has 2 amide bonds. The van der Waals surface area contributed by atoms with Gasteiger partial charge < -0.3 is 24.7 Å². The maximum atomic E-state index is 13.2. The number of furan rings is 1. The van der Waals surface area contributed by atoms with Crippen molar-refractivity contribution < 1.29 is 23.1 Å². The van der Waals surface area contributed by atoms with Gasteiger partial charge in [0, 0.05) is 50.5 Å². The van der Waals surface area contributed by atoms with Crippen LogP contribution in [0.2, 0.25) is 0 Å². The number of rotatable bonds is 8. The van der Waals surface area contributed by atoms with E-state index < -0.39 is 11.8 Å². The molecule has 4 rings (SSSR count). The van der Waals surface area contributed by atoms with E-state index in [1.165, 1.54) is 12.1 Å². The van der Waals surface area contributed by atoms with E-state index in [9.17, 15) is 14.0 Å². The monoisotopic (exact) mass is 480 g/mol. The van der Waals surface area contributed by atoms with E-state index in [1.54, 1.807) is 37.6 Å². The number of nitrogens with one attached hydrogen (secondary N) is 2. The van der Waals surface area contributed by atoms with Crippen LogP contribution in [-0.4, -0.2) is 56.5 Å². The maximum Gasteiger partial charge on any atom is 0.309 e. The first-order valence-corrected chi connectivity index (χ1v) is 11.5. The van der Waals surface area contributed by atoms with Gasteiger partial charge in [0.2, 0.25) is 0 Å². The lowest BCUT2D eigenvalue weighted by molar-refractivity contribution is -0.139. The number of carbonyl (C=O) groups excluding carboxylic acids is 2. The Morgan fingerprint density at radius 3 is 2.37 bits per heavy atom. The summed E-state index contributed by atoms with van der Waals surface area (Å²) in [5, 5.41) is 5.38. The Kier molecular flexibility index (Phi) is 7.99. The Morgan fingerprint density at radius 2 is 1.69 bits per heavy atom. The zero-order valence-corrected chi connectivity index (χ0v) is 19.6. The SMILES string of the molecule is COc1ccccc1CNC(=O)C(=O)NC[C@@H](c1ccco1)N1CCN(c2ccc(F)cc2)CC1. The second-order valence-electron chi connectivity index (χ2n) is 8.24. The van der Waals surface area contributed by atoms with Crippen molar-refractivity contribution in [3.8, 4) is 5.75 Å². The molecule has 2 heterocycles. The number of amides is 2. The average Bonchev–Trinajstić information content (AvgIpc) is 3.43. The summed E-state index contributed by atoms with van der Waals surface area (Å²) in [6.45, 7) is 3.35. The molecule has 1 saturated heterocycles. The molecular formula is C26H29FN4O4. The molecule has 8 nitrogen and oxygen atoms in total. The fourth-order valence-corrected chi connectivity index (χ4v) is 4.21. The topological polar surface area (TPSA) is 87.0 Å². The van der Waals surface area contributed by atoms with Crippen molar-refractivity contribution >= 4 is 17.5 Å². The van der Waals surface area contributed by atoms with Gasteiger partial charge >= 0.3 is 11.8 Å². The van der Waals surface area contributed by atoms with E-state index in [1.807, 2.05) is 24.3 Å². The third kappa shape index (κ3) is 6.19. The first-order valence-electron chi connectivity index (χ1n) is 11.5. The quantitative estimate of drug-likeness (QED) is 0.482. The van der Waals surface area contributed by atoms with Gasteiger partial charge in [-0.2, -0.15) is 0 Å². The Labute approximate surface area is 203 Å². The van der Waals surface area contributed by atoms with Crippen molar-refractivity contribution in [2.75, 3.05) is 44.7 Å². The van der Waals surface area contributed by atoms with Crippen molar-refractivity contribution in [3.63, 3.8) is 0 Å². The Bertz CT molecular complexity index is 1110. The van der Waals surface area contributed by atoms with Crippen LogP contribution >= 0.6 is 0 Å². The number of methoxy groups -OCH3 is 1. The van der Waals surface area contributed by atoms with Crippen LogP contribution in [0.4, 0.5) is 10.1 Å². The molecule has 0 spiro atoms. The Hall–Kier alpha value is -3.85. The molecule has 1 aromatic heterocycles. The highest BCUT2D eigenvalue weighted by atomic mass is 19.1. The van der Waals surface area contributed by atoms with Crippen LogP contribution in [0.15, 0.2) is 71.3 Å². The van der Waals surface area contributed by atoms with E-state index in [0.717, 1.165) is 43.2 Å². The van der Waals surface area contributed by atoms with Gasteiger partial charge in [-0.3, -0.25) is 14.5 Å². The molecule has 0 aliphatic carbocycles. The minimum atomic E-state index is -0.713. The number of halogens is 1. The smallest absolute Gasteiger partial charge is 0.309 e. The van der Waals surface area contributed by atoms with Crippen LogP contribution in [0.5, 0.6) is 5.75 Å². The summed E-state index contributed by atoms with van der Waals surface area (Å²) in [7, 11) is 1.56. The van der Waals surface area contributed by atoms with E-state index in [-0.39, 0.29) is 24.9 Å². The van der Waals surface area contributed by atoms with Crippen molar-refractivity contribution in [1.82, 2.24) is 15.5 Å². The average molecular weight is 481 g/mol. The van der Waals surface area contributed by atoms with Gasteiger partial charge in [-0.15, -0.1) is 0 Å². The number of para-hydroxylation sites is 1. The number of nitrogens with zero attached hydrogens (tertiary/aromatic N) is 2. The molecule has 184 valence electrons. The van der Waals surface area contributed by atoms with Crippen molar-refractivity contribution in [2.45, 2.75) is 12.6 Å². The van der Waals surface area contributed by atoms with Gasteiger partial charge in [0.15, 0.2) is 0 Å². The second kappa shape index (κ2) is 11.5. The zero-order valence-electron chi connectivity index (χ0n) is 19.6. The molecule has 9 heteroatoms. The summed E-state index contributed by atoms with van der Waals surface area (Å²) in [6.07, 6.45) is 1.60. The molecule has 0 radical (unpaired) electrons.